The van der Waals surface area contributed by atoms with Crippen molar-refractivity contribution in [1.82, 2.24) is 20.8 Å². The van der Waals surface area contributed by atoms with Crippen LogP contribution in [0.1, 0.15) is 51.7 Å². The Morgan fingerprint density at radius 2 is 2.06 bits per heavy atom. The topological polar surface area (TPSA) is 80.0 Å². The first-order valence-corrected chi connectivity index (χ1v) is 6.36. The molecule has 0 aliphatic heterocycles. The summed E-state index contributed by atoms with van der Waals surface area (Å²) < 4.78 is 5.11. The van der Waals surface area contributed by atoms with Crippen LogP contribution in [-0.4, -0.2) is 28.8 Å². The molecule has 1 rings (SSSR count). The van der Waals surface area contributed by atoms with Gasteiger partial charge in [-0.15, -0.1) is 0 Å². The van der Waals surface area contributed by atoms with Gasteiger partial charge in [-0.25, -0.2) is 4.79 Å². The van der Waals surface area contributed by atoms with E-state index in [0.29, 0.717) is 18.9 Å². The Balaban J connectivity index is 2.19. The van der Waals surface area contributed by atoms with Gasteiger partial charge in [0.1, 0.15) is 0 Å². The molecule has 1 aromatic rings. The van der Waals surface area contributed by atoms with Gasteiger partial charge in [-0.05, 0) is 20.3 Å². The Kier molecular flexibility index (Phi) is 5.61. The zero-order chi connectivity index (χ0) is 13.5. The molecule has 18 heavy (non-hydrogen) atoms. The summed E-state index contributed by atoms with van der Waals surface area (Å²) in [4.78, 5) is 15.6. The van der Waals surface area contributed by atoms with Crippen LogP contribution in [-0.2, 0) is 6.42 Å². The number of urea groups is 1. The fraction of sp³-hybridized carbons (Fsp3) is 0.750. The van der Waals surface area contributed by atoms with Gasteiger partial charge in [0.2, 0.25) is 5.89 Å². The Morgan fingerprint density at radius 1 is 1.33 bits per heavy atom. The highest BCUT2D eigenvalue weighted by Gasteiger charge is 2.09. The van der Waals surface area contributed by atoms with Crippen LogP contribution in [0.2, 0.25) is 0 Å². The van der Waals surface area contributed by atoms with Crippen molar-refractivity contribution in [1.29, 1.82) is 0 Å². The number of amides is 2. The number of rotatable bonds is 6. The minimum atomic E-state index is -0.140. The van der Waals surface area contributed by atoms with Crippen LogP contribution in [0.4, 0.5) is 4.79 Å². The smallest absolute Gasteiger partial charge is 0.314 e. The molecule has 0 saturated heterocycles. The van der Waals surface area contributed by atoms with Crippen LogP contribution in [0.15, 0.2) is 4.52 Å². The van der Waals surface area contributed by atoms with E-state index >= 15 is 0 Å². The summed E-state index contributed by atoms with van der Waals surface area (Å²) in [6, 6.07) is 0.00735. The van der Waals surface area contributed by atoms with E-state index in [4.69, 9.17) is 4.52 Å². The first-order chi connectivity index (χ1) is 8.49. The number of nitrogens with zero attached hydrogens (tertiary/aromatic N) is 2. The molecule has 0 bridgehead atoms. The van der Waals surface area contributed by atoms with Crippen molar-refractivity contribution in [3.05, 3.63) is 11.7 Å². The quantitative estimate of drug-likeness (QED) is 0.759. The molecule has 2 N–H and O–H groups in total. The summed E-state index contributed by atoms with van der Waals surface area (Å²) in [5, 5.41) is 9.42. The molecular weight excluding hydrogens is 232 g/mol. The molecule has 0 aliphatic carbocycles. The maximum atomic E-state index is 11.3. The van der Waals surface area contributed by atoms with Crippen LogP contribution in [0, 0.1) is 0 Å². The molecule has 0 fully saturated rings. The van der Waals surface area contributed by atoms with Gasteiger partial charge in [0.05, 0.1) is 0 Å². The standard InChI is InChI=1S/C12H22N4O2/c1-8(2)11-15-10(18-16-11)6-5-7-13-12(17)14-9(3)4/h8-9H,5-7H2,1-4H3,(H2,13,14,17). The number of carbonyl (C=O) groups excluding carboxylic acids is 1. The van der Waals surface area contributed by atoms with Gasteiger partial charge in [0.15, 0.2) is 5.82 Å². The van der Waals surface area contributed by atoms with Gasteiger partial charge < -0.3 is 15.2 Å². The molecule has 0 aliphatic rings. The molecule has 0 aromatic carbocycles. The third-order valence-corrected chi connectivity index (χ3v) is 2.27. The Morgan fingerprint density at radius 3 is 2.61 bits per heavy atom. The lowest BCUT2D eigenvalue weighted by Crippen LogP contribution is -2.39. The lowest BCUT2D eigenvalue weighted by atomic mass is 10.2. The van der Waals surface area contributed by atoms with Gasteiger partial charge >= 0.3 is 6.03 Å². The third kappa shape index (κ3) is 5.16. The summed E-state index contributed by atoms with van der Waals surface area (Å²) >= 11 is 0. The summed E-state index contributed by atoms with van der Waals surface area (Å²) in [7, 11) is 0. The molecular formula is C12H22N4O2. The highest BCUT2D eigenvalue weighted by atomic mass is 16.5. The average molecular weight is 254 g/mol. The van der Waals surface area contributed by atoms with E-state index < -0.39 is 0 Å². The second kappa shape index (κ2) is 6.98. The molecule has 0 radical (unpaired) electrons. The van der Waals surface area contributed by atoms with Crippen molar-refractivity contribution < 1.29 is 9.32 Å². The van der Waals surface area contributed by atoms with E-state index in [0.717, 1.165) is 12.2 Å². The molecule has 0 spiro atoms. The van der Waals surface area contributed by atoms with Crippen molar-refractivity contribution in [3.8, 4) is 0 Å². The number of nitrogens with one attached hydrogen (secondary N) is 2. The number of aryl methyl sites for hydroxylation is 1. The van der Waals surface area contributed by atoms with E-state index in [1.54, 1.807) is 0 Å². The maximum Gasteiger partial charge on any atom is 0.314 e. The minimum absolute atomic E-state index is 0.140. The maximum absolute atomic E-state index is 11.3. The molecule has 0 saturated carbocycles. The van der Waals surface area contributed by atoms with Crippen LogP contribution in [0.3, 0.4) is 0 Å². The molecule has 6 nitrogen and oxygen atoms in total. The molecule has 1 aromatic heterocycles. The SMILES string of the molecule is CC(C)NC(=O)NCCCc1nc(C(C)C)no1. The normalized spacial score (nSPS) is 11.0. The van der Waals surface area contributed by atoms with E-state index in [9.17, 15) is 4.79 Å². The van der Waals surface area contributed by atoms with E-state index in [2.05, 4.69) is 20.8 Å². The summed E-state index contributed by atoms with van der Waals surface area (Å²) in [6.07, 6.45) is 1.47. The van der Waals surface area contributed by atoms with Gasteiger partial charge in [-0.3, -0.25) is 0 Å². The second-order valence-electron chi connectivity index (χ2n) is 4.86. The minimum Gasteiger partial charge on any atom is -0.339 e. The zero-order valence-electron chi connectivity index (χ0n) is 11.5. The van der Waals surface area contributed by atoms with Crippen molar-refractivity contribution in [3.63, 3.8) is 0 Å². The van der Waals surface area contributed by atoms with Gasteiger partial charge in [0.25, 0.3) is 0 Å². The number of hydrogen-bond donors (Lipinski definition) is 2. The fourth-order valence-corrected chi connectivity index (χ4v) is 1.36. The fourth-order valence-electron chi connectivity index (χ4n) is 1.36. The van der Waals surface area contributed by atoms with E-state index in [1.165, 1.54) is 0 Å². The lowest BCUT2D eigenvalue weighted by molar-refractivity contribution is 0.238. The zero-order valence-corrected chi connectivity index (χ0v) is 11.5. The lowest BCUT2D eigenvalue weighted by Gasteiger charge is -2.09. The van der Waals surface area contributed by atoms with Crippen LogP contribution in [0.5, 0.6) is 0 Å². The summed E-state index contributed by atoms with van der Waals surface area (Å²) in [6.45, 7) is 8.48. The molecule has 6 heteroatoms. The number of carbonyl (C=O) groups is 1. The largest absolute Gasteiger partial charge is 0.339 e. The Bertz CT molecular complexity index is 374. The molecule has 0 unspecified atom stereocenters. The van der Waals surface area contributed by atoms with Crippen molar-refractivity contribution in [2.75, 3.05) is 6.54 Å². The second-order valence-corrected chi connectivity index (χ2v) is 4.86. The third-order valence-electron chi connectivity index (χ3n) is 2.27. The van der Waals surface area contributed by atoms with E-state index in [1.807, 2.05) is 27.7 Å². The molecule has 102 valence electrons. The first kappa shape index (κ1) is 14.5. The number of hydrogen-bond acceptors (Lipinski definition) is 4. The highest BCUT2D eigenvalue weighted by molar-refractivity contribution is 5.73. The monoisotopic (exact) mass is 254 g/mol. The van der Waals surface area contributed by atoms with Crippen molar-refractivity contribution >= 4 is 6.03 Å². The average Bonchev–Trinajstić information content (AvgIpc) is 2.72. The first-order valence-electron chi connectivity index (χ1n) is 6.36. The van der Waals surface area contributed by atoms with Gasteiger partial charge in [-0.2, -0.15) is 4.98 Å². The highest BCUT2D eigenvalue weighted by Crippen LogP contribution is 2.10. The summed E-state index contributed by atoms with van der Waals surface area (Å²) in [5.74, 6) is 1.64. The van der Waals surface area contributed by atoms with Gasteiger partial charge in [-0.1, -0.05) is 19.0 Å². The predicted octanol–water partition coefficient (Wildman–Crippen LogP) is 1.83. The van der Waals surface area contributed by atoms with Gasteiger partial charge in [0, 0.05) is 24.9 Å². The molecule has 1 heterocycles. The number of aromatic nitrogens is 2. The molecule has 0 atom stereocenters. The summed E-state index contributed by atoms with van der Waals surface area (Å²) in [5.41, 5.74) is 0. The van der Waals surface area contributed by atoms with Crippen molar-refractivity contribution in [2.24, 2.45) is 0 Å². The predicted molar refractivity (Wildman–Crippen MR) is 68.4 cm³/mol. The van der Waals surface area contributed by atoms with E-state index in [-0.39, 0.29) is 18.0 Å². The Labute approximate surface area is 108 Å². The Hall–Kier alpha value is -1.59. The molecule has 2 amide bonds. The van der Waals surface area contributed by atoms with Crippen LogP contribution >= 0.6 is 0 Å². The van der Waals surface area contributed by atoms with Crippen LogP contribution < -0.4 is 10.6 Å². The van der Waals surface area contributed by atoms with Crippen LogP contribution in [0.25, 0.3) is 0 Å². The van der Waals surface area contributed by atoms with Crippen molar-refractivity contribution in [2.45, 2.75) is 52.5 Å².